The highest BCUT2D eigenvalue weighted by Crippen LogP contribution is 2.14. The molecule has 0 aliphatic rings. The molecule has 82 valence electrons. The van der Waals surface area contributed by atoms with Crippen LogP contribution in [0.25, 0.3) is 0 Å². The van der Waals surface area contributed by atoms with Gasteiger partial charge >= 0.3 is 0 Å². The molecule has 0 N–H and O–H groups in total. The zero-order valence-corrected chi connectivity index (χ0v) is 11.6. The third kappa shape index (κ3) is 3.19. The smallest absolute Gasteiger partial charge is 0.0540 e. The summed E-state index contributed by atoms with van der Waals surface area (Å²) in [5, 5.41) is 0.788. The standard InChI is InChI=1S/C13H11ClIN/c14-11-6-3-10(4-7-11)5-8-13-12(15)2-1-9-16-13/h1-4,6-7,9H,5,8H2. The van der Waals surface area contributed by atoms with Crippen molar-refractivity contribution in [3.63, 3.8) is 0 Å². The summed E-state index contributed by atoms with van der Waals surface area (Å²) < 4.78 is 1.23. The molecule has 1 nitrogen and oxygen atoms in total. The average Bonchev–Trinajstić information content (AvgIpc) is 2.30. The van der Waals surface area contributed by atoms with Crippen LogP contribution in [0.3, 0.4) is 0 Å². The van der Waals surface area contributed by atoms with Gasteiger partial charge in [-0.25, -0.2) is 0 Å². The Kier molecular flexibility index (Phi) is 4.18. The highest BCUT2D eigenvalue weighted by atomic mass is 127. The molecular formula is C13H11ClIN. The minimum Gasteiger partial charge on any atom is -0.260 e. The monoisotopic (exact) mass is 343 g/mol. The number of hydrogen-bond acceptors (Lipinski definition) is 1. The van der Waals surface area contributed by atoms with E-state index in [4.69, 9.17) is 11.6 Å². The zero-order valence-electron chi connectivity index (χ0n) is 8.66. The van der Waals surface area contributed by atoms with Crippen LogP contribution < -0.4 is 0 Å². The van der Waals surface area contributed by atoms with Gasteiger partial charge in [0.1, 0.15) is 0 Å². The Morgan fingerprint density at radius 2 is 1.81 bits per heavy atom. The molecule has 0 spiro atoms. The van der Waals surface area contributed by atoms with E-state index in [9.17, 15) is 0 Å². The van der Waals surface area contributed by atoms with Crippen molar-refractivity contribution < 1.29 is 0 Å². The van der Waals surface area contributed by atoms with Gasteiger partial charge in [0, 0.05) is 14.8 Å². The van der Waals surface area contributed by atoms with Crippen LogP contribution in [-0.2, 0) is 12.8 Å². The molecule has 1 aromatic carbocycles. The predicted molar refractivity (Wildman–Crippen MR) is 75.8 cm³/mol. The molecule has 0 radical (unpaired) electrons. The molecule has 1 aromatic heterocycles. The lowest BCUT2D eigenvalue weighted by Crippen LogP contribution is -1.96. The fraction of sp³-hybridized carbons (Fsp3) is 0.154. The summed E-state index contributed by atoms with van der Waals surface area (Å²) in [4.78, 5) is 4.38. The molecule has 0 aliphatic heterocycles. The third-order valence-corrected chi connectivity index (χ3v) is 3.63. The van der Waals surface area contributed by atoms with Crippen molar-refractivity contribution in [3.8, 4) is 0 Å². The van der Waals surface area contributed by atoms with E-state index < -0.39 is 0 Å². The van der Waals surface area contributed by atoms with E-state index in [1.807, 2.05) is 24.4 Å². The van der Waals surface area contributed by atoms with E-state index in [-0.39, 0.29) is 0 Å². The molecule has 0 amide bonds. The Bertz CT molecular complexity index is 468. The Hall–Kier alpha value is -0.610. The van der Waals surface area contributed by atoms with E-state index >= 15 is 0 Å². The van der Waals surface area contributed by atoms with Crippen LogP contribution >= 0.6 is 34.2 Å². The summed E-state index contributed by atoms with van der Waals surface area (Å²) >= 11 is 8.17. The lowest BCUT2D eigenvalue weighted by Gasteiger charge is -2.03. The number of aromatic nitrogens is 1. The van der Waals surface area contributed by atoms with Gasteiger partial charge in [0.05, 0.1) is 5.69 Å². The van der Waals surface area contributed by atoms with Crippen LogP contribution in [0, 0.1) is 3.57 Å². The van der Waals surface area contributed by atoms with E-state index in [0.29, 0.717) is 0 Å². The van der Waals surface area contributed by atoms with Gasteiger partial charge in [-0.05, 0) is 65.3 Å². The van der Waals surface area contributed by atoms with Gasteiger partial charge in [-0.1, -0.05) is 23.7 Å². The van der Waals surface area contributed by atoms with E-state index in [0.717, 1.165) is 23.6 Å². The second-order valence-electron chi connectivity index (χ2n) is 3.56. The zero-order chi connectivity index (χ0) is 11.4. The topological polar surface area (TPSA) is 12.9 Å². The highest BCUT2D eigenvalue weighted by Gasteiger charge is 2.00. The molecule has 0 fully saturated rings. The van der Waals surface area contributed by atoms with Crippen molar-refractivity contribution in [2.24, 2.45) is 0 Å². The molecule has 0 bridgehead atoms. The molecule has 3 heteroatoms. The minimum absolute atomic E-state index is 0.788. The third-order valence-electron chi connectivity index (χ3n) is 2.40. The van der Waals surface area contributed by atoms with Crippen LogP contribution in [-0.4, -0.2) is 4.98 Å². The van der Waals surface area contributed by atoms with Gasteiger partial charge in [0.2, 0.25) is 0 Å². The Morgan fingerprint density at radius 3 is 2.50 bits per heavy atom. The molecule has 0 atom stereocenters. The van der Waals surface area contributed by atoms with E-state index in [1.54, 1.807) is 0 Å². The fourth-order valence-corrected chi connectivity index (χ4v) is 2.26. The first-order valence-corrected chi connectivity index (χ1v) is 6.55. The van der Waals surface area contributed by atoms with Crippen molar-refractivity contribution in [1.82, 2.24) is 4.98 Å². The van der Waals surface area contributed by atoms with Gasteiger partial charge in [-0.15, -0.1) is 0 Å². The van der Waals surface area contributed by atoms with Crippen LogP contribution in [0.15, 0.2) is 42.6 Å². The van der Waals surface area contributed by atoms with E-state index in [1.165, 1.54) is 9.13 Å². The Morgan fingerprint density at radius 1 is 1.06 bits per heavy atom. The van der Waals surface area contributed by atoms with Gasteiger partial charge in [0.15, 0.2) is 0 Å². The summed E-state index contributed by atoms with van der Waals surface area (Å²) in [5.41, 5.74) is 2.46. The van der Waals surface area contributed by atoms with Crippen molar-refractivity contribution in [3.05, 3.63) is 62.4 Å². The number of rotatable bonds is 3. The molecule has 0 saturated carbocycles. The maximum absolute atomic E-state index is 5.84. The largest absolute Gasteiger partial charge is 0.260 e. The van der Waals surface area contributed by atoms with Crippen LogP contribution in [0.5, 0.6) is 0 Å². The molecule has 16 heavy (non-hydrogen) atoms. The quantitative estimate of drug-likeness (QED) is 0.764. The first kappa shape index (κ1) is 11.9. The molecule has 0 unspecified atom stereocenters. The number of hydrogen-bond donors (Lipinski definition) is 0. The van der Waals surface area contributed by atoms with Gasteiger partial charge < -0.3 is 0 Å². The normalized spacial score (nSPS) is 10.4. The maximum Gasteiger partial charge on any atom is 0.0540 e. The SMILES string of the molecule is Clc1ccc(CCc2ncccc2I)cc1. The summed E-state index contributed by atoms with van der Waals surface area (Å²) in [6.45, 7) is 0. The first-order chi connectivity index (χ1) is 7.75. The average molecular weight is 344 g/mol. The number of pyridine rings is 1. The summed E-state index contributed by atoms with van der Waals surface area (Å²) in [7, 11) is 0. The van der Waals surface area contributed by atoms with Crippen molar-refractivity contribution in [1.29, 1.82) is 0 Å². The van der Waals surface area contributed by atoms with Crippen LogP contribution in [0.2, 0.25) is 5.02 Å². The molecule has 0 saturated heterocycles. The molecule has 1 heterocycles. The fourth-order valence-electron chi connectivity index (χ4n) is 1.52. The van der Waals surface area contributed by atoms with Crippen LogP contribution in [0.1, 0.15) is 11.3 Å². The van der Waals surface area contributed by atoms with Crippen molar-refractivity contribution in [2.75, 3.05) is 0 Å². The number of benzene rings is 1. The van der Waals surface area contributed by atoms with Gasteiger partial charge in [0.25, 0.3) is 0 Å². The van der Waals surface area contributed by atoms with Crippen molar-refractivity contribution in [2.45, 2.75) is 12.8 Å². The minimum atomic E-state index is 0.788. The van der Waals surface area contributed by atoms with Gasteiger partial charge in [-0.2, -0.15) is 0 Å². The lowest BCUT2D eigenvalue weighted by atomic mass is 10.1. The Labute approximate surface area is 114 Å². The molecule has 0 aliphatic carbocycles. The maximum atomic E-state index is 5.84. The lowest BCUT2D eigenvalue weighted by molar-refractivity contribution is 0.905. The Balaban J connectivity index is 2.02. The highest BCUT2D eigenvalue weighted by molar-refractivity contribution is 14.1. The number of halogens is 2. The summed E-state index contributed by atoms with van der Waals surface area (Å²) in [6, 6.07) is 12.1. The van der Waals surface area contributed by atoms with Crippen molar-refractivity contribution >= 4 is 34.2 Å². The molecular weight excluding hydrogens is 333 g/mol. The first-order valence-electron chi connectivity index (χ1n) is 5.09. The summed E-state index contributed by atoms with van der Waals surface area (Å²) in [5.74, 6) is 0. The second kappa shape index (κ2) is 5.64. The summed E-state index contributed by atoms with van der Waals surface area (Å²) in [6.07, 6.45) is 3.82. The molecule has 2 rings (SSSR count). The molecule has 2 aromatic rings. The number of nitrogens with zero attached hydrogens (tertiary/aromatic N) is 1. The number of aryl methyl sites for hydroxylation is 2. The van der Waals surface area contributed by atoms with Crippen LogP contribution in [0.4, 0.5) is 0 Å². The van der Waals surface area contributed by atoms with E-state index in [2.05, 4.69) is 45.8 Å². The second-order valence-corrected chi connectivity index (χ2v) is 5.16. The predicted octanol–water partition coefficient (Wildman–Crippen LogP) is 4.12. The van der Waals surface area contributed by atoms with Gasteiger partial charge in [-0.3, -0.25) is 4.98 Å².